The molecule has 1 rings (SSSR count). The van der Waals surface area contributed by atoms with E-state index in [1.54, 1.807) is 13.2 Å². The van der Waals surface area contributed by atoms with Gasteiger partial charge >= 0.3 is 0 Å². The van der Waals surface area contributed by atoms with Crippen molar-refractivity contribution in [2.24, 2.45) is 0 Å². The second-order valence-electron chi connectivity index (χ2n) is 3.42. The number of ketones is 1. The topological polar surface area (TPSA) is 26.3 Å². The van der Waals surface area contributed by atoms with E-state index in [9.17, 15) is 4.79 Å². The number of halogens is 1. The summed E-state index contributed by atoms with van der Waals surface area (Å²) in [5.74, 6) is 0.902. The molecule has 0 unspecified atom stereocenters. The molecule has 3 heteroatoms. The Balaban J connectivity index is 2.71. The summed E-state index contributed by atoms with van der Waals surface area (Å²) in [5.41, 5.74) is 0.985. The third-order valence-electron chi connectivity index (χ3n) is 2.13. The minimum Gasteiger partial charge on any atom is -0.496 e. The lowest BCUT2D eigenvalue weighted by Gasteiger charge is -2.04. The molecule has 86 valence electrons. The molecule has 0 N–H and O–H groups in total. The molecule has 1 aromatic rings. The van der Waals surface area contributed by atoms with Gasteiger partial charge in [-0.05, 0) is 46.1 Å². The maximum absolute atomic E-state index is 11.5. The highest BCUT2D eigenvalue weighted by atomic mass is 79.9. The van der Waals surface area contributed by atoms with Crippen LogP contribution in [0.25, 0.3) is 0 Å². The number of carbonyl (C=O) groups is 1. The van der Waals surface area contributed by atoms with Gasteiger partial charge in [0.05, 0.1) is 11.6 Å². The van der Waals surface area contributed by atoms with Gasteiger partial charge in [-0.25, -0.2) is 0 Å². The number of hydrogen-bond donors (Lipinski definition) is 0. The molecule has 0 saturated carbocycles. The van der Waals surface area contributed by atoms with Gasteiger partial charge in [0.25, 0.3) is 0 Å². The Hall–Kier alpha value is -1.09. The summed E-state index contributed by atoms with van der Waals surface area (Å²) >= 11 is 3.40. The summed E-state index contributed by atoms with van der Waals surface area (Å²) in [6.45, 7) is 2.01. The first-order valence-electron chi connectivity index (χ1n) is 5.19. The minimum atomic E-state index is 0.124. The van der Waals surface area contributed by atoms with Crippen LogP contribution in [0.3, 0.4) is 0 Å². The van der Waals surface area contributed by atoms with Crippen LogP contribution >= 0.6 is 15.9 Å². The van der Waals surface area contributed by atoms with Crippen molar-refractivity contribution < 1.29 is 9.53 Å². The summed E-state index contributed by atoms with van der Waals surface area (Å²) in [6.07, 6.45) is 4.83. The molecule has 0 aliphatic carbocycles. The van der Waals surface area contributed by atoms with E-state index < -0.39 is 0 Å². The number of allylic oxidation sites excluding steroid dienone is 2. The van der Waals surface area contributed by atoms with Crippen LogP contribution < -0.4 is 4.74 Å². The fraction of sp³-hybridized carbons (Fsp3) is 0.308. The molecule has 0 amide bonds. The molecule has 0 aliphatic rings. The zero-order chi connectivity index (χ0) is 12.0. The van der Waals surface area contributed by atoms with Crippen molar-refractivity contribution in [3.05, 3.63) is 40.4 Å². The molecule has 0 radical (unpaired) electrons. The third-order valence-corrected chi connectivity index (χ3v) is 2.75. The molecule has 0 saturated heterocycles. The van der Waals surface area contributed by atoms with Crippen molar-refractivity contribution in [1.29, 1.82) is 0 Å². The maximum Gasteiger partial charge on any atom is 0.159 e. The van der Waals surface area contributed by atoms with E-state index in [0.29, 0.717) is 6.42 Å². The molecule has 0 heterocycles. The SMILES string of the molecule is CC/C=C/C(=O)Cc1ccc(OC)c(Br)c1. The van der Waals surface area contributed by atoms with Crippen LogP contribution in [0.2, 0.25) is 0 Å². The monoisotopic (exact) mass is 282 g/mol. The van der Waals surface area contributed by atoms with Crippen molar-refractivity contribution >= 4 is 21.7 Å². The molecule has 0 spiro atoms. The number of methoxy groups -OCH3 is 1. The van der Waals surface area contributed by atoms with Crippen molar-refractivity contribution in [2.75, 3.05) is 7.11 Å². The van der Waals surface area contributed by atoms with Crippen LogP contribution in [-0.4, -0.2) is 12.9 Å². The fourth-order valence-electron chi connectivity index (χ4n) is 1.33. The molecule has 0 fully saturated rings. The predicted molar refractivity (Wildman–Crippen MR) is 68.8 cm³/mol. The molecule has 16 heavy (non-hydrogen) atoms. The summed E-state index contributed by atoms with van der Waals surface area (Å²) < 4.78 is 6.00. The first-order chi connectivity index (χ1) is 7.67. The van der Waals surface area contributed by atoms with Crippen LogP contribution in [-0.2, 0) is 11.2 Å². The first-order valence-corrected chi connectivity index (χ1v) is 5.98. The van der Waals surface area contributed by atoms with Gasteiger partial charge in [-0.3, -0.25) is 4.79 Å². The molecule has 0 aliphatic heterocycles. The van der Waals surface area contributed by atoms with Gasteiger partial charge in [0.15, 0.2) is 5.78 Å². The highest BCUT2D eigenvalue weighted by Gasteiger charge is 2.04. The summed E-state index contributed by atoms with van der Waals surface area (Å²) in [5, 5.41) is 0. The van der Waals surface area contributed by atoms with Crippen molar-refractivity contribution in [2.45, 2.75) is 19.8 Å². The van der Waals surface area contributed by atoms with Crippen molar-refractivity contribution in [3.63, 3.8) is 0 Å². The van der Waals surface area contributed by atoms with E-state index in [0.717, 1.165) is 22.2 Å². The van der Waals surface area contributed by atoms with Crippen LogP contribution in [0.15, 0.2) is 34.8 Å². The quantitative estimate of drug-likeness (QED) is 0.773. The Morgan fingerprint density at radius 3 is 2.81 bits per heavy atom. The second kappa shape index (κ2) is 6.48. The molecule has 1 aromatic carbocycles. The molecule has 2 nitrogen and oxygen atoms in total. The van der Waals surface area contributed by atoms with E-state index in [1.807, 2.05) is 31.2 Å². The van der Waals surface area contributed by atoms with Gasteiger partial charge in [-0.2, -0.15) is 0 Å². The smallest absolute Gasteiger partial charge is 0.159 e. The van der Waals surface area contributed by atoms with Gasteiger partial charge in [0, 0.05) is 6.42 Å². The minimum absolute atomic E-state index is 0.124. The number of rotatable bonds is 5. The van der Waals surface area contributed by atoms with Gasteiger partial charge in [-0.1, -0.05) is 19.1 Å². The Labute approximate surface area is 104 Å². The molecule has 0 aromatic heterocycles. The molecular formula is C13H15BrO2. The fourth-order valence-corrected chi connectivity index (χ4v) is 1.92. The van der Waals surface area contributed by atoms with Gasteiger partial charge in [0.1, 0.15) is 5.75 Å². The van der Waals surface area contributed by atoms with Gasteiger partial charge < -0.3 is 4.74 Å². The standard InChI is InChI=1S/C13H15BrO2/c1-3-4-5-11(15)8-10-6-7-13(16-2)12(14)9-10/h4-7,9H,3,8H2,1-2H3/b5-4+. The Kier molecular flexibility index (Phi) is 5.26. The third kappa shape index (κ3) is 3.81. The largest absolute Gasteiger partial charge is 0.496 e. The van der Waals surface area contributed by atoms with Gasteiger partial charge in [-0.15, -0.1) is 0 Å². The summed E-state index contributed by atoms with van der Waals surface area (Å²) in [6, 6.07) is 5.67. The van der Waals surface area contributed by atoms with E-state index in [-0.39, 0.29) is 5.78 Å². The molecule has 0 bridgehead atoms. The second-order valence-corrected chi connectivity index (χ2v) is 4.28. The Bertz CT molecular complexity index is 397. The number of carbonyl (C=O) groups excluding carboxylic acids is 1. The van der Waals surface area contributed by atoms with Crippen LogP contribution in [0.5, 0.6) is 5.75 Å². The van der Waals surface area contributed by atoms with Crippen molar-refractivity contribution in [1.82, 2.24) is 0 Å². The average Bonchev–Trinajstić information content (AvgIpc) is 2.26. The van der Waals surface area contributed by atoms with Crippen LogP contribution in [0, 0.1) is 0 Å². The van der Waals surface area contributed by atoms with E-state index in [1.165, 1.54) is 0 Å². The molecular weight excluding hydrogens is 268 g/mol. The number of benzene rings is 1. The van der Waals surface area contributed by atoms with Crippen LogP contribution in [0.1, 0.15) is 18.9 Å². The van der Waals surface area contributed by atoms with E-state index >= 15 is 0 Å². The van der Waals surface area contributed by atoms with Crippen LogP contribution in [0.4, 0.5) is 0 Å². The number of ether oxygens (including phenoxy) is 1. The highest BCUT2D eigenvalue weighted by molar-refractivity contribution is 9.10. The van der Waals surface area contributed by atoms with E-state index in [2.05, 4.69) is 15.9 Å². The van der Waals surface area contributed by atoms with Gasteiger partial charge in [0.2, 0.25) is 0 Å². The Morgan fingerprint density at radius 2 is 2.25 bits per heavy atom. The Morgan fingerprint density at radius 1 is 1.50 bits per heavy atom. The maximum atomic E-state index is 11.5. The summed E-state index contributed by atoms with van der Waals surface area (Å²) in [4.78, 5) is 11.5. The highest BCUT2D eigenvalue weighted by Crippen LogP contribution is 2.25. The first kappa shape index (κ1) is 13.0. The lowest BCUT2D eigenvalue weighted by molar-refractivity contribution is -0.114. The summed E-state index contributed by atoms with van der Waals surface area (Å²) in [7, 11) is 1.62. The number of hydrogen-bond acceptors (Lipinski definition) is 2. The normalized spacial score (nSPS) is 10.7. The lowest BCUT2D eigenvalue weighted by atomic mass is 10.1. The van der Waals surface area contributed by atoms with Crippen molar-refractivity contribution in [3.8, 4) is 5.75 Å². The molecule has 0 atom stereocenters. The zero-order valence-corrected chi connectivity index (χ0v) is 11.1. The zero-order valence-electron chi connectivity index (χ0n) is 9.50. The lowest BCUT2D eigenvalue weighted by Crippen LogP contribution is -1.98. The average molecular weight is 283 g/mol. The predicted octanol–water partition coefficient (Wildman–Crippen LogP) is 3.54. The van der Waals surface area contributed by atoms with E-state index in [4.69, 9.17) is 4.74 Å².